The number of hydrogen-bond donors (Lipinski definition) is 4. The zero-order valence-corrected chi connectivity index (χ0v) is 17.5. The first-order valence-electron chi connectivity index (χ1n) is 9.78. The Bertz CT molecular complexity index is 1250. The molecule has 170 valence electrons. The van der Waals surface area contributed by atoms with Gasteiger partial charge in [-0.3, -0.25) is 39.4 Å². The SMILES string of the molecule is NC(=O)c1ccccc1C(=O)NC(=O)c1ccccc1C(=O)NC(=O)c1ccccc1C(N)=O. The minimum absolute atomic E-state index is 0.0856. The lowest BCUT2D eigenvalue weighted by Crippen LogP contribution is -2.36. The molecule has 0 atom stereocenters. The Hall–Kier alpha value is -5.12. The standard InChI is InChI=1S/C24H18N4O6/c25-19(29)13-7-1-3-9-15(13)21(31)27-23(33)17-11-5-6-12-18(17)24(34)28-22(32)16-10-4-2-8-14(16)20(26)30/h1-12H,(H2,25,29)(H2,26,30)(H,27,31,33)(H,28,32,34). The molecule has 0 saturated heterocycles. The Morgan fingerprint density at radius 3 is 0.853 bits per heavy atom. The molecule has 0 unspecified atom stereocenters. The number of primary amides is 2. The van der Waals surface area contributed by atoms with Crippen LogP contribution >= 0.6 is 0 Å². The van der Waals surface area contributed by atoms with Crippen molar-refractivity contribution in [1.82, 2.24) is 10.6 Å². The second kappa shape index (κ2) is 10.0. The van der Waals surface area contributed by atoms with Crippen LogP contribution in [-0.2, 0) is 0 Å². The van der Waals surface area contributed by atoms with Gasteiger partial charge in [-0.15, -0.1) is 0 Å². The fraction of sp³-hybridized carbons (Fsp3) is 0. The minimum Gasteiger partial charge on any atom is -0.366 e. The van der Waals surface area contributed by atoms with Gasteiger partial charge < -0.3 is 11.5 Å². The molecule has 3 aromatic rings. The normalized spacial score (nSPS) is 10.1. The highest BCUT2D eigenvalue weighted by atomic mass is 16.2. The van der Waals surface area contributed by atoms with Gasteiger partial charge in [0.2, 0.25) is 11.8 Å². The van der Waals surface area contributed by atoms with Crippen molar-refractivity contribution in [2.45, 2.75) is 0 Å². The summed E-state index contributed by atoms with van der Waals surface area (Å²) in [5.74, 6) is -5.40. The van der Waals surface area contributed by atoms with Crippen LogP contribution in [-0.4, -0.2) is 35.4 Å². The number of nitrogens with two attached hydrogens (primary N) is 2. The Morgan fingerprint density at radius 1 is 0.412 bits per heavy atom. The Morgan fingerprint density at radius 2 is 0.618 bits per heavy atom. The number of carbonyl (C=O) groups is 6. The molecule has 0 heterocycles. The third kappa shape index (κ3) is 5.02. The van der Waals surface area contributed by atoms with Gasteiger partial charge >= 0.3 is 0 Å². The third-order valence-electron chi connectivity index (χ3n) is 4.74. The van der Waals surface area contributed by atoms with Crippen molar-refractivity contribution in [2.75, 3.05) is 0 Å². The molecule has 10 heteroatoms. The lowest BCUT2D eigenvalue weighted by molar-refractivity contribution is 0.0815. The average Bonchev–Trinajstić information content (AvgIpc) is 2.83. The highest BCUT2D eigenvalue weighted by molar-refractivity contribution is 6.19. The molecule has 0 bridgehead atoms. The summed E-state index contributed by atoms with van der Waals surface area (Å²) in [5.41, 5.74) is 9.70. The van der Waals surface area contributed by atoms with Crippen LogP contribution in [0.25, 0.3) is 0 Å². The van der Waals surface area contributed by atoms with E-state index in [-0.39, 0.29) is 33.4 Å². The molecule has 0 spiro atoms. The van der Waals surface area contributed by atoms with Gasteiger partial charge in [-0.05, 0) is 36.4 Å². The number of carbonyl (C=O) groups excluding carboxylic acids is 6. The maximum atomic E-state index is 12.8. The zero-order chi connectivity index (χ0) is 24.8. The number of imide groups is 2. The van der Waals surface area contributed by atoms with Gasteiger partial charge in [0.15, 0.2) is 0 Å². The Balaban J connectivity index is 1.83. The highest BCUT2D eigenvalue weighted by Crippen LogP contribution is 2.13. The van der Waals surface area contributed by atoms with E-state index < -0.39 is 35.4 Å². The summed E-state index contributed by atoms with van der Waals surface area (Å²) in [7, 11) is 0. The fourth-order valence-electron chi connectivity index (χ4n) is 3.15. The van der Waals surface area contributed by atoms with Crippen LogP contribution in [0.5, 0.6) is 0 Å². The fourth-order valence-corrected chi connectivity index (χ4v) is 3.15. The zero-order valence-electron chi connectivity index (χ0n) is 17.5. The number of amides is 6. The van der Waals surface area contributed by atoms with Gasteiger partial charge in [0.1, 0.15) is 0 Å². The predicted molar refractivity (Wildman–Crippen MR) is 120 cm³/mol. The average molecular weight is 458 g/mol. The second-order valence-corrected chi connectivity index (χ2v) is 6.93. The highest BCUT2D eigenvalue weighted by Gasteiger charge is 2.23. The van der Waals surface area contributed by atoms with Crippen LogP contribution in [0.1, 0.15) is 62.1 Å². The molecular weight excluding hydrogens is 440 g/mol. The number of benzene rings is 3. The van der Waals surface area contributed by atoms with Crippen molar-refractivity contribution >= 4 is 35.4 Å². The predicted octanol–water partition coefficient (Wildman–Crippen LogP) is 1.02. The summed E-state index contributed by atoms with van der Waals surface area (Å²) in [6, 6.07) is 16.8. The van der Waals surface area contributed by atoms with Gasteiger partial charge in [-0.2, -0.15) is 0 Å². The van der Waals surface area contributed by atoms with Crippen molar-refractivity contribution in [2.24, 2.45) is 11.5 Å². The molecule has 6 N–H and O–H groups in total. The molecule has 0 fully saturated rings. The second-order valence-electron chi connectivity index (χ2n) is 6.93. The topological polar surface area (TPSA) is 179 Å². The van der Waals surface area contributed by atoms with Crippen LogP contribution in [0.4, 0.5) is 0 Å². The lowest BCUT2D eigenvalue weighted by Gasteiger charge is -2.11. The summed E-state index contributed by atoms with van der Waals surface area (Å²) in [4.78, 5) is 73.8. The summed E-state index contributed by atoms with van der Waals surface area (Å²) in [6.07, 6.45) is 0. The van der Waals surface area contributed by atoms with Gasteiger partial charge in [0.05, 0.1) is 33.4 Å². The Kier molecular flexibility index (Phi) is 6.92. The summed E-state index contributed by atoms with van der Waals surface area (Å²) in [6.45, 7) is 0. The summed E-state index contributed by atoms with van der Waals surface area (Å²) in [5, 5.41) is 4.20. The maximum absolute atomic E-state index is 12.8. The van der Waals surface area contributed by atoms with E-state index >= 15 is 0 Å². The number of hydrogen-bond acceptors (Lipinski definition) is 6. The first kappa shape index (κ1) is 23.5. The van der Waals surface area contributed by atoms with E-state index in [0.29, 0.717) is 0 Å². The molecule has 0 saturated carbocycles. The van der Waals surface area contributed by atoms with Crippen LogP contribution in [0.2, 0.25) is 0 Å². The molecule has 0 aromatic heterocycles. The van der Waals surface area contributed by atoms with Gasteiger partial charge in [0.25, 0.3) is 23.6 Å². The van der Waals surface area contributed by atoms with Gasteiger partial charge in [0, 0.05) is 0 Å². The third-order valence-corrected chi connectivity index (χ3v) is 4.74. The molecule has 3 aromatic carbocycles. The van der Waals surface area contributed by atoms with Crippen molar-refractivity contribution < 1.29 is 28.8 Å². The van der Waals surface area contributed by atoms with E-state index in [1.165, 1.54) is 72.8 Å². The molecule has 34 heavy (non-hydrogen) atoms. The van der Waals surface area contributed by atoms with Crippen LogP contribution in [0.15, 0.2) is 72.8 Å². The van der Waals surface area contributed by atoms with E-state index in [0.717, 1.165) is 0 Å². The van der Waals surface area contributed by atoms with E-state index in [2.05, 4.69) is 10.6 Å². The molecular formula is C24H18N4O6. The van der Waals surface area contributed by atoms with E-state index in [1.54, 1.807) is 0 Å². The van der Waals surface area contributed by atoms with E-state index in [4.69, 9.17) is 11.5 Å². The lowest BCUT2D eigenvalue weighted by atomic mass is 10.0. The van der Waals surface area contributed by atoms with E-state index in [1.807, 2.05) is 0 Å². The number of rotatable bonds is 6. The van der Waals surface area contributed by atoms with Crippen molar-refractivity contribution in [3.8, 4) is 0 Å². The quantitative estimate of drug-likeness (QED) is 0.401. The monoisotopic (exact) mass is 458 g/mol. The molecule has 0 aliphatic carbocycles. The summed E-state index contributed by atoms with van der Waals surface area (Å²) < 4.78 is 0. The Labute approximate surface area is 192 Å². The van der Waals surface area contributed by atoms with Crippen LogP contribution < -0.4 is 22.1 Å². The molecule has 0 aliphatic heterocycles. The maximum Gasteiger partial charge on any atom is 0.258 e. The van der Waals surface area contributed by atoms with Crippen molar-refractivity contribution in [1.29, 1.82) is 0 Å². The molecule has 3 rings (SSSR count). The van der Waals surface area contributed by atoms with Crippen LogP contribution in [0, 0.1) is 0 Å². The first-order chi connectivity index (χ1) is 16.2. The summed E-state index contributed by atoms with van der Waals surface area (Å²) >= 11 is 0. The molecule has 0 aliphatic rings. The molecule has 6 amide bonds. The largest absolute Gasteiger partial charge is 0.366 e. The van der Waals surface area contributed by atoms with Crippen molar-refractivity contribution in [3.63, 3.8) is 0 Å². The van der Waals surface area contributed by atoms with Crippen molar-refractivity contribution in [3.05, 3.63) is 106 Å². The number of nitrogens with one attached hydrogen (secondary N) is 2. The molecule has 10 nitrogen and oxygen atoms in total. The minimum atomic E-state index is -0.944. The van der Waals surface area contributed by atoms with Gasteiger partial charge in [-0.1, -0.05) is 36.4 Å². The first-order valence-corrected chi connectivity index (χ1v) is 9.78. The van der Waals surface area contributed by atoms with E-state index in [9.17, 15) is 28.8 Å². The molecule has 0 radical (unpaired) electrons. The van der Waals surface area contributed by atoms with Crippen LogP contribution in [0.3, 0.4) is 0 Å². The smallest absolute Gasteiger partial charge is 0.258 e. The van der Waals surface area contributed by atoms with Gasteiger partial charge in [-0.25, -0.2) is 0 Å².